The third-order valence-corrected chi connectivity index (χ3v) is 5.55. The van der Waals surface area contributed by atoms with Crippen LogP contribution < -0.4 is 10.2 Å². The maximum atomic E-state index is 12.1. The smallest absolute Gasteiger partial charge is 0.225 e. The van der Waals surface area contributed by atoms with Crippen LogP contribution in [0.1, 0.15) is 25.7 Å². The number of anilines is 2. The lowest BCUT2D eigenvalue weighted by molar-refractivity contribution is -0.115. The molecule has 1 heterocycles. The number of benzene rings is 2. The highest BCUT2D eigenvalue weighted by atomic mass is 35.5. The fourth-order valence-electron chi connectivity index (χ4n) is 2.92. The van der Waals surface area contributed by atoms with Gasteiger partial charge in [-0.05, 0) is 67.8 Å². The molecule has 0 aromatic heterocycles. The van der Waals surface area contributed by atoms with Crippen molar-refractivity contribution < 1.29 is 4.79 Å². The van der Waals surface area contributed by atoms with Crippen molar-refractivity contribution in [3.8, 4) is 0 Å². The van der Waals surface area contributed by atoms with Crippen LogP contribution in [-0.2, 0) is 4.79 Å². The molecule has 0 atom stereocenters. The minimum atomic E-state index is 0.0483. The van der Waals surface area contributed by atoms with E-state index in [-0.39, 0.29) is 5.91 Å². The van der Waals surface area contributed by atoms with E-state index in [0.29, 0.717) is 6.42 Å². The number of halogens is 1. The summed E-state index contributed by atoms with van der Waals surface area (Å²) in [6, 6.07) is 15.9. The summed E-state index contributed by atoms with van der Waals surface area (Å²) in [4.78, 5) is 15.6. The van der Waals surface area contributed by atoms with Gasteiger partial charge < -0.3 is 10.2 Å². The van der Waals surface area contributed by atoms with Crippen LogP contribution in [0.15, 0.2) is 53.4 Å². The molecule has 2 aromatic carbocycles. The molecule has 1 fully saturated rings. The minimum absolute atomic E-state index is 0.0483. The average molecular weight is 375 g/mol. The third-order valence-electron chi connectivity index (χ3n) is 4.28. The lowest BCUT2D eigenvalue weighted by Gasteiger charge is -2.28. The predicted molar refractivity (Wildman–Crippen MR) is 108 cm³/mol. The Morgan fingerprint density at radius 1 is 1.00 bits per heavy atom. The maximum Gasteiger partial charge on any atom is 0.225 e. The fraction of sp³-hybridized carbons (Fsp3) is 0.350. The first-order valence-electron chi connectivity index (χ1n) is 8.74. The number of hydrogen-bond donors (Lipinski definition) is 1. The Kier molecular flexibility index (Phi) is 6.65. The standard InChI is InChI=1S/C20H23ClN2OS/c21-16-4-10-19(11-5-16)25-15-12-20(24)22-17-6-8-18(9-7-17)23-13-2-1-3-14-23/h4-11H,1-3,12-15H2,(H,22,24). The number of piperidine rings is 1. The fourth-order valence-corrected chi connectivity index (χ4v) is 3.90. The molecule has 0 spiro atoms. The van der Waals surface area contributed by atoms with Gasteiger partial charge in [0, 0.05) is 46.6 Å². The zero-order valence-electron chi connectivity index (χ0n) is 14.2. The van der Waals surface area contributed by atoms with Crippen molar-refractivity contribution >= 4 is 40.6 Å². The molecule has 25 heavy (non-hydrogen) atoms. The van der Waals surface area contributed by atoms with Gasteiger partial charge >= 0.3 is 0 Å². The number of amides is 1. The number of nitrogens with zero attached hydrogens (tertiary/aromatic N) is 1. The molecule has 1 saturated heterocycles. The summed E-state index contributed by atoms with van der Waals surface area (Å²) in [5.74, 6) is 0.798. The van der Waals surface area contributed by atoms with Gasteiger partial charge in [0.05, 0.1) is 0 Å². The molecule has 1 aliphatic rings. The van der Waals surface area contributed by atoms with Gasteiger partial charge in [-0.25, -0.2) is 0 Å². The highest BCUT2D eigenvalue weighted by molar-refractivity contribution is 7.99. The van der Waals surface area contributed by atoms with E-state index in [1.807, 2.05) is 36.4 Å². The molecule has 0 aliphatic carbocycles. The van der Waals surface area contributed by atoms with Crippen molar-refractivity contribution in [3.05, 3.63) is 53.6 Å². The molecule has 3 rings (SSSR count). The molecule has 3 nitrogen and oxygen atoms in total. The summed E-state index contributed by atoms with van der Waals surface area (Å²) in [6.07, 6.45) is 4.35. The number of hydrogen-bond acceptors (Lipinski definition) is 3. The number of rotatable bonds is 6. The van der Waals surface area contributed by atoms with Gasteiger partial charge in [-0.1, -0.05) is 11.6 Å². The predicted octanol–water partition coefficient (Wildman–Crippen LogP) is 5.45. The monoisotopic (exact) mass is 374 g/mol. The van der Waals surface area contributed by atoms with Crippen molar-refractivity contribution in [2.45, 2.75) is 30.6 Å². The molecule has 1 amide bonds. The van der Waals surface area contributed by atoms with Crippen molar-refractivity contribution in [2.75, 3.05) is 29.1 Å². The SMILES string of the molecule is O=C(CCSc1ccc(Cl)cc1)Nc1ccc(N2CCCCC2)cc1. The topological polar surface area (TPSA) is 32.3 Å². The van der Waals surface area contributed by atoms with Crippen molar-refractivity contribution in [3.63, 3.8) is 0 Å². The third kappa shape index (κ3) is 5.68. The van der Waals surface area contributed by atoms with Crippen molar-refractivity contribution in [1.29, 1.82) is 0 Å². The van der Waals surface area contributed by atoms with Crippen LogP contribution in [0.2, 0.25) is 5.02 Å². The van der Waals surface area contributed by atoms with E-state index in [2.05, 4.69) is 22.3 Å². The quantitative estimate of drug-likeness (QED) is 0.682. The zero-order valence-corrected chi connectivity index (χ0v) is 15.8. The van der Waals surface area contributed by atoms with Crippen LogP contribution in [0, 0.1) is 0 Å². The van der Waals surface area contributed by atoms with Gasteiger partial charge in [-0.3, -0.25) is 4.79 Å². The lowest BCUT2D eigenvalue weighted by atomic mass is 10.1. The van der Waals surface area contributed by atoms with Gasteiger partial charge in [0.2, 0.25) is 5.91 Å². The van der Waals surface area contributed by atoms with E-state index in [4.69, 9.17) is 11.6 Å². The molecule has 0 saturated carbocycles. The average Bonchev–Trinajstić information content (AvgIpc) is 2.65. The summed E-state index contributed by atoms with van der Waals surface area (Å²) < 4.78 is 0. The van der Waals surface area contributed by atoms with Crippen LogP contribution in [0.5, 0.6) is 0 Å². The molecule has 5 heteroatoms. The van der Waals surface area contributed by atoms with Crippen LogP contribution >= 0.6 is 23.4 Å². The van der Waals surface area contributed by atoms with E-state index in [0.717, 1.165) is 34.4 Å². The van der Waals surface area contributed by atoms with E-state index in [1.54, 1.807) is 11.8 Å². The van der Waals surface area contributed by atoms with Crippen molar-refractivity contribution in [1.82, 2.24) is 0 Å². The Bertz CT molecular complexity index is 682. The second kappa shape index (κ2) is 9.16. The van der Waals surface area contributed by atoms with Gasteiger partial charge in [-0.15, -0.1) is 11.8 Å². The summed E-state index contributed by atoms with van der Waals surface area (Å²) in [6.45, 7) is 2.27. The van der Waals surface area contributed by atoms with E-state index in [9.17, 15) is 4.79 Å². The Morgan fingerprint density at radius 3 is 2.36 bits per heavy atom. The highest BCUT2D eigenvalue weighted by Gasteiger charge is 2.11. The Balaban J connectivity index is 1.43. The molecule has 2 aromatic rings. The van der Waals surface area contributed by atoms with E-state index >= 15 is 0 Å². The van der Waals surface area contributed by atoms with Crippen LogP contribution in [0.4, 0.5) is 11.4 Å². The van der Waals surface area contributed by atoms with Gasteiger partial charge in [-0.2, -0.15) is 0 Å². The molecule has 0 bridgehead atoms. The molecule has 1 aliphatic heterocycles. The number of carbonyl (C=O) groups excluding carboxylic acids is 1. The number of thioether (sulfide) groups is 1. The molecule has 0 unspecified atom stereocenters. The number of carbonyl (C=O) groups is 1. The van der Waals surface area contributed by atoms with E-state index < -0.39 is 0 Å². The Morgan fingerprint density at radius 2 is 1.68 bits per heavy atom. The molecule has 0 radical (unpaired) electrons. The van der Waals surface area contributed by atoms with Crippen molar-refractivity contribution in [2.24, 2.45) is 0 Å². The summed E-state index contributed by atoms with van der Waals surface area (Å²) >= 11 is 7.53. The molecular formula is C20H23ClN2OS. The maximum absolute atomic E-state index is 12.1. The normalized spacial score (nSPS) is 14.4. The van der Waals surface area contributed by atoms with E-state index in [1.165, 1.54) is 24.9 Å². The van der Waals surface area contributed by atoms with Gasteiger partial charge in [0.25, 0.3) is 0 Å². The first kappa shape index (κ1) is 18.2. The van der Waals surface area contributed by atoms with Crippen LogP contribution in [-0.4, -0.2) is 24.7 Å². The molecule has 1 N–H and O–H groups in total. The summed E-state index contributed by atoms with van der Waals surface area (Å²) in [7, 11) is 0. The summed E-state index contributed by atoms with van der Waals surface area (Å²) in [5.41, 5.74) is 2.11. The first-order chi connectivity index (χ1) is 12.2. The Labute approximate surface area is 158 Å². The minimum Gasteiger partial charge on any atom is -0.372 e. The molecular weight excluding hydrogens is 352 g/mol. The van der Waals surface area contributed by atoms with Gasteiger partial charge in [0.15, 0.2) is 0 Å². The highest BCUT2D eigenvalue weighted by Crippen LogP contribution is 2.23. The van der Waals surface area contributed by atoms with Crippen LogP contribution in [0.3, 0.4) is 0 Å². The van der Waals surface area contributed by atoms with Gasteiger partial charge in [0.1, 0.15) is 0 Å². The molecule has 132 valence electrons. The van der Waals surface area contributed by atoms with Crippen LogP contribution in [0.25, 0.3) is 0 Å². The lowest BCUT2D eigenvalue weighted by Crippen LogP contribution is -2.29. The Hall–Kier alpha value is -1.65. The number of nitrogens with one attached hydrogen (secondary N) is 1. The summed E-state index contributed by atoms with van der Waals surface area (Å²) in [5, 5.41) is 3.71. The largest absolute Gasteiger partial charge is 0.372 e. The second-order valence-electron chi connectivity index (χ2n) is 6.20. The second-order valence-corrected chi connectivity index (χ2v) is 7.80. The first-order valence-corrected chi connectivity index (χ1v) is 10.1. The zero-order chi connectivity index (χ0) is 17.5.